The predicted octanol–water partition coefficient (Wildman–Crippen LogP) is 7.66. The fourth-order valence-corrected chi connectivity index (χ4v) is 11.1. The van der Waals surface area contributed by atoms with Gasteiger partial charge in [0.15, 0.2) is 0 Å². The molecule has 0 saturated heterocycles. The van der Waals surface area contributed by atoms with Gasteiger partial charge < -0.3 is 9.26 Å². The zero-order valence-corrected chi connectivity index (χ0v) is 23.9. The fraction of sp³-hybridized carbons (Fsp3) is 0.812. The van der Waals surface area contributed by atoms with Crippen molar-refractivity contribution in [1.29, 1.82) is 0 Å². The number of methoxy groups -OCH3 is 1. The zero-order valence-electron chi connectivity index (χ0n) is 23.9. The average molecular weight is 494 g/mol. The Morgan fingerprint density at radius 2 is 1.72 bits per heavy atom. The summed E-state index contributed by atoms with van der Waals surface area (Å²) in [6, 6.07) is 0. The fourth-order valence-electron chi connectivity index (χ4n) is 11.1. The van der Waals surface area contributed by atoms with Crippen molar-refractivity contribution in [3.63, 3.8) is 0 Å². The van der Waals surface area contributed by atoms with Gasteiger partial charge in [0.2, 0.25) is 0 Å². The summed E-state index contributed by atoms with van der Waals surface area (Å²) >= 11 is 0. The Balaban J connectivity index is 1.46. The van der Waals surface area contributed by atoms with Crippen LogP contribution in [0.4, 0.5) is 0 Å². The summed E-state index contributed by atoms with van der Waals surface area (Å²) in [4.78, 5) is 13.4. The van der Waals surface area contributed by atoms with Crippen LogP contribution < -0.4 is 0 Å². The monoisotopic (exact) mass is 493 g/mol. The molecule has 5 aliphatic carbocycles. The number of hydrogen-bond donors (Lipinski definition) is 0. The quantitative estimate of drug-likeness (QED) is 0.298. The van der Waals surface area contributed by atoms with E-state index in [4.69, 9.17) is 9.26 Å². The van der Waals surface area contributed by atoms with Gasteiger partial charge in [-0.15, -0.1) is 0 Å². The third kappa shape index (κ3) is 2.83. The maximum atomic E-state index is 13.4. The Morgan fingerprint density at radius 1 is 1.00 bits per heavy atom. The molecule has 0 amide bonds. The molecule has 0 spiro atoms. The lowest BCUT2D eigenvalue weighted by Crippen LogP contribution is -2.64. The van der Waals surface area contributed by atoms with Crippen LogP contribution >= 0.6 is 0 Å². The van der Waals surface area contributed by atoms with E-state index in [1.165, 1.54) is 24.1 Å². The molecule has 2 unspecified atom stereocenters. The van der Waals surface area contributed by atoms with E-state index in [-0.39, 0.29) is 38.5 Å². The molecule has 6 rings (SSSR count). The molecule has 0 aliphatic heterocycles. The first kappa shape index (κ1) is 24.7. The zero-order chi connectivity index (χ0) is 25.9. The Hall–Kier alpha value is -1.58. The normalized spacial score (nSPS) is 46.2. The van der Waals surface area contributed by atoms with E-state index in [2.05, 4.69) is 59.7 Å². The molecule has 3 fully saturated rings. The SMILES string of the molecule is COC(=O)[C@]12CCC(C)(C)C[C@H]1C1=CCC3[C@@]4(C)Cc5conc5C(C)(C)C4CC[C@@]3(C)[C@]1(C)CC2. The second-order valence-electron chi connectivity index (χ2n) is 15.4. The second-order valence-corrected chi connectivity index (χ2v) is 15.4. The van der Waals surface area contributed by atoms with Crippen LogP contribution in [-0.2, 0) is 21.4 Å². The first-order chi connectivity index (χ1) is 16.8. The molecule has 1 aromatic heterocycles. The van der Waals surface area contributed by atoms with Crippen LogP contribution in [0.1, 0.15) is 111 Å². The highest BCUT2D eigenvalue weighted by Crippen LogP contribution is 2.75. The lowest BCUT2D eigenvalue weighted by atomic mass is 9.33. The van der Waals surface area contributed by atoms with Crippen molar-refractivity contribution in [2.24, 2.45) is 44.8 Å². The van der Waals surface area contributed by atoms with Crippen LogP contribution in [0.5, 0.6) is 0 Å². The van der Waals surface area contributed by atoms with Gasteiger partial charge in [0.1, 0.15) is 6.26 Å². The Labute approximate surface area is 218 Å². The van der Waals surface area contributed by atoms with E-state index < -0.39 is 0 Å². The first-order valence-electron chi connectivity index (χ1n) is 14.5. The molecule has 7 atom stereocenters. The molecule has 1 aromatic rings. The van der Waals surface area contributed by atoms with Crippen LogP contribution in [0.15, 0.2) is 22.4 Å². The molecule has 0 bridgehead atoms. The number of carbonyl (C=O) groups excluding carboxylic acids is 1. The number of aromatic nitrogens is 1. The molecule has 0 aromatic carbocycles. The van der Waals surface area contributed by atoms with E-state index in [9.17, 15) is 4.79 Å². The van der Waals surface area contributed by atoms with Crippen LogP contribution in [0, 0.1) is 44.8 Å². The van der Waals surface area contributed by atoms with E-state index in [0.29, 0.717) is 17.8 Å². The van der Waals surface area contributed by atoms with Gasteiger partial charge in [-0.3, -0.25) is 4.79 Å². The number of ether oxygens (including phenoxy) is 1. The maximum absolute atomic E-state index is 13.4. The minimum atomic E-state index is -0.329. The van der Waals surface area contributed by atoms with Gasteiger partial charge in [0.25, 0.3) is 0 Å². The highest BCUT2D eigenvalue weighted by Gasteiger charge is 2.69. The van der Waals surface area contributed by atoms with Crippen LogP contribution in [0.2, 0.25) is 0 Å². The van der Waals surface area contributed by atoms with Gasteiger partial charge >= 0.3 is 5.97 Å². The highest BCUT2D eigenvalue weighted by molar-refractivity contribution is 5.78. The third-order valence-corrected chi connectivity index (χ3v) is 13.2. The number of esters is 1. The molecule has 0 radical (unpaired) electrons. The molecule has 4 heteroatoms. The number of carbonyl (C=O) groups is 1. The van der Waals surface area contributed by atoms with Crippen molar-refractivity contribution in [2.75, 3.05) is 7.11 Å². The summed E-state index contributed by atoms with van der Waals surface area (Å²) in [5, 5.41) is 4.49. The van der Waals surface area contributed by atoms with Gasteiger partial charge in [-0.25, -0.2) is 0 Å². The van der Waals surface area contributed by atoms with Crippen LogP contribution in [-0.4, -0.2) is 18.2 Å². The summed E-state index contributed by atoms with van der Waals surface area (Å²) in [6.07, 6.45) is 14.5. The molecule has 3 saturated carbocycles. The Morgan fingerprint density at radius 3 is 2.44 bits per heavy atom. The molecule has 0 N–H and O–H groups in total. The van der Waals surface area contributed by atoms with Crippen molar-refractivity contribution in [3.05, 3.63) is 29.2 Å². The summed E-state index contributed by atoms with van der Waals surface area (Å²) in [5.74, 6) is 1.57. The lowest BCUT2D eigenvalue weighted by Gasteiger charge is -2.70. The molecule has 1 heterocycles. The second kappa shape index (κ2) is 7.29. The Kier molecular flexibility index (Phi) is 5.01. The number of hydrogen-bond acceptors (Lipinski definition) is 4. The maximum Gasteiger partial charge on any atom is 0.312 e. The van der Waals surface area contributed by atoms with E-state index >= 15 is 0 Å². The molecule has 5 aliphatic rings. The van der Waals surface area contributed by atoms with Gasteiger partial charge in [-0.2, -0.15) is 0 Å². The van der Waals surface area contributed by atoms with Crippen LogP contribution in [0.25, 0.3) is 0 Å². The minimum Gasteiger partial charge on any atom is -0.469 e. The standard InChI is InChI=1S/C32H47NO3/c1-27(2)13-15-32(26(34)35-8)16-14-30(6)21(22(32)18-27)9-10-24-29(5)17-20-19-36-33-25(20)28(3,4)23(29)11-12-31(24,30)7/h9,19,22-24H,10-18H2,1-8H3/t22-,23?,24?,29-,30+,31+,32-/m0/s1. The largest absolute Gasteiger partial charge is 0.469 e. The van der Waals surface area contributed by atoms with Crippen molar-refractivity contribution >= 4 is 5.97 Å². The summed E-state index contributed by atoms with van der Waals surface area (Å²) < 4.78 is 11.1. The minimum absolute atomic E-state index is 0.0293. The Bertz CT molecular complexity index is 1130. The van der Waals surface area contributed by atoms with Crippen molar-refractivity contribution in [3.8, 4) is 0 Å². The van der Waals surface area contributed by atoms with Crippen molar-refractivity contribution in [2.45, 2.75) is 112 Å². The van der Waals surface area contributed by atoms with Crippen LogP contribution in [0.3, 0.4) is 0 Å². The van der Waals surface area contributed by atoms with Crippen molar-refractivity contribution in [1.82, 2.24) is 5.16 Å². The van der Waals surface area contributed by atoms with Gasteiger partial charge in [0, 0.05) is 11.0 Å². The summed E-state index contributed by atoms with van der Waals surface area (Å²) in [5.41, 5.74) is 4.64. The lowest BCUT2D eigenvalue weighted by molar-refractivity contribution is -0.179. The van der Waals surface area contributed by atoms with E-state index in [1.54, 1.807) is 12.7 Å². The average Bonchev–Trinajstić information content (AvgIpc) is 3.27. The molecular formula is C32H47NO3. The number of allylic oxidation sites excluding steroid dienone is 2. The van der Waals surface area contributed by atoms with Gasteiger partial charge in [-0.1, -0.05) is 65.3 Å². The predicted molar refractivity (Wildman–Crippen MR) is 141 cm³/mol. The molecular weight excluding hydrogens is 446 g/mol. The van der Waals surface area contributed by atoms with Gasteiger partial charge in [0.05, 0.1) is 18.2 Å². The van der Waals surface area contributed by atoms with E-state index in [1.807, 2.05) is 6.26 Å². The van der Waals surface area contributed by atoms with E-state index in [0.717, 1.165) is 44.9 Å². The smallest absolute Gasteiger partial charge is 0.312 e. The molecule has 4 nitrogen and oxygen atoms in total. The third-order valence-electron chi connectivity index (χ3n) is 13.2. The number of nitrogens with zero attached hydrogens (tertiary/aromatic N) is 1. The molecule has 36 heavy (non-hydrogen) atoms. The summed E-state index contributed by atoms with van der Waals surface area (Å²) in [7, 11) is 1.60. The summed E-state index contributed by atoms with van der Waals surface area (Å²) in [6.45, 7) is 17.4. The number of fused-ring (bicyclic) bond motifs is 8. The van der Waals surface area contributed by atoms with Crippen molar-refractivity contribution < 1.29 is 14.1 Å². The number of rotatable bonds is 1. The topological polar surface area (TPSA) is 52.3 Å². The highest BCUT2D eigenvalue weighted by atomic mass is 16.5. The molecule has 198 valence electrons. The van der Waals surface area contributed by atoms with Gasteiger partial charge in [-0.05, 0) is 97.2 Å². The first-order valence-corrected chi connectivity index (χ1v) is 14.5.